The Morgan fingerprint density at radius 1 is 0.482 bits per heavy atom. The number of primary amides is 1. The van der Waals surface area contributed by atoms with Crippen molar-refractivity contribution >= 4 is 153 Å². The number of hydrogen-bond donors (Lipinski definition) is 3. The second-order valence-corrected chi connectivity index (χ2v) is 34.0. The number of carboxylic acid groups (broad SMARTS) is 1. The van der Waals surface area contributed by atoms with E-state index in [4.69, 9.17) is 75.8 Å². The minimum atomic E-state index is -1.01. The van der Waals surface area contributed by atoms with E-state index in [-0.39, 0.29) is 161 Å². The van der Waals surface area contributed by atoms with Crippen LogP contribution in [0.4, 0.5) is 20.0 Å². The Hall–Kier alpha value is -5.27. The van der Waals surface area contributed by atoms with Gasteiger partial charge in [0.15, 0.2) is 0 Å². The Labute approximate surface area is 764 Å². The summed E-state index contributed by atoms with van der Waals surface area (Å²) in [7, 11) is 1.33. The first kappa shape index (κ1) is 94.2. The van der Waals surface area contributed by atoms with Crippen LogP contribution in [-0.2, 0) is 38.1 Å². The fourth-order valence-electron chi connectivity index (χ4n) is 14.0. The standard InChI is InChI=1S/C20H21ClN2O4S.C19H20ClN3O3S.C19H19ClN2O4S.C17H17ClN2O2S.C4H9O.CH4.K.Na.H2O/c1-26-18(24)12-23-11-16(13-2-4-14(21)5-3-13)15-10-17(28-19(15)20(23)25)22-6-8-27-9-7-22;20-13-3-1-12(2-4-13)15-10-23(11-16(21)24)19(25)18-14(15)9-17(27-18)22-5-7-26-8-6-22;20-13-3-1-12(2-4-13)15-10-22(11-17(23)24)19(25)18-14(15)9-16(27-18)21-5-7-26-8-6-21;18-12-3-1-11(2-4-12)14-10-19-17(21)16-13(14)9-15(23-16)20-5-7-22-8-6-20;1-4(2,3)5;;;;/h2-5,10,16H,6-9,11-12H2,1H3;1-4,9,15H,5-8,10-11H2,(H2,21,24);1-4,9,15H,5-8,10-11H2,(H,23,24);1-4,9,14H,5-8,10H2,(H,19,21);1-3H3;1H4;;;1H2/q;;;;-1;;2*+1;/p-1. The van der Waals surface area contributed by atoms with Gasteiger partial charge in [0.25, 0.3) is 23.6 Å². The first-order valence-corrected chi connectivity index (χ1v) is 40.9. The van der Waals surface area contributed by atoms with Crippen LogP contribution in [0.5, 0.6) is 0 Å². The number of nitrogens with zero attached hydrogens (tertiary/aromatic N) is 7. The molecule has 4 aromatic carbocycles. The fraction of sp³-hybridized carbons (Fsp3) is 0.412. The zero-order chi connectivity index (χ0) is 77.9. The Bertz CT molecular complexity index is 4420. The van der Waals surface area contributed by atoms with Crippen molar-refractivity contribution in [2.75, 3.05) is 178 Å². The van der Waals surface area contributed by atoms with E-state index in [1.807, 2.05) is 97.1 Å². The van der Waals surface area contributed by atoms with Crippen molar-refractivity contribution in [2.45, 2.75) is 57.5 Å². The maximum absolute atomic E-state index is 13.1. The van der Waals surface area contributed by atoms with Gasteiger partial charge in [0.2, 0.25) is 5.91 Å². The van der Waals surface area contributed by atoms with Crippen LogP contribution in [-0.4, -0.2) is 230 Å². The van der Waals surface area contributed by atoms with Gasteiger partial charge < -0.3 is 84.7 Å². The summed E-state index contributed by atoms with van der Waals surface area (Å²) < 4.78 is 26.5. The number of methoxy groups -OCH3 is 1. The van der Waals surface area contributed by atoms with Gasteiger partial charge in [-0.1, -0.05) is 123 Å². The van der Waals surface area contributed by atoms with E-state index in [1.54, 1.807) is 41.9 Å². The van der Waals surface area contributed by atoms with Crippen molar-refractivity contribution in [3.05, 3.63) is 205 Å². The molecule has 4 unspecified atom stereocenters. The summed E-state index contributed by atoms with van der Waals surface area (Å²) in [6.07, 6.45) is 0. The SMILES string of the molecule is C.CC(C)(C)[O-].COC(=O)CN1CC(c2ccc(Cl)cc2)c2cc(N3CCOCC3)sc2C1=O.NC(=O)CN1CC(c2ccc(Cl)cc2)c2cc(N3CCOCC3)sc2C1=O.O=C(O)CN1CC(c2ccc(Cl)cc2)c2cc(N3CCOCC3)sc2C1=O.O=C1NCC(c2ccc(Cl)cc2)c2cc(N3CCOCC3)sc21.[K+].[Na+].[OH-]. The summed E-state index contributed by atoms with van der Waals surface area (Å²) >= 11 is 30.1. The van der Waals surface area contributed by atoms with Gasteiger partial charge in [-0.05, 0) is 117 Å². The maximum atomic E-state index is 13.1. The average Bonchev–Trinajstić information content (AvgIpc) is 1.01. The number of rotatable bonds is 14. The van der Waals surface area contributed by atoms with Gasteiger partial charge in [-0.2, -0.15) is 0 Å². The zero-order valence-electron chi connectivity index (χ0n) is 63.7. The molecule has 0 aliphatic carbocycles. The number of benzene rings is 4. The molecule has 8 aromatic rings. The van der Waals surface area contributed by atoms with Gasteiger partial charge in [0, 0.05) is 122 Å². The van der Waals surface area contributed by atoms with E-state index in [2.05, 4.69) is 49.2 Å². The number of esters is 1. The molecule has 0 bridgehead atoms. The van der Waals surface area contributed by atoms with Gasteiger partial charge in [-0.25, -0.2) is 0 Å². The van der Waals surface area contributed by atoms with Crippen LogP contribution in [0.25, 0.3) is 0 Å². The molecular weight excluding hydrogens is 1660 g/mol. The summed E-state index contributed by atoms with van der Waals surface area (Å²) in [6.45, 7) is 18.5. The third-order valence-electron chi connectivity index (χ3n) is 19.4. The van der Waals surface area contributed by atoms with E-state index in [0.29, 0.717) is 95.5 Å². The molecule has 0 saturated carbocycles. The molecule has 8 aliphatic heterocycles. The van der Waals surface area contributed by atoms with Gasteiger partial charge >= 0.3 is 92.9 Å². The molecule has 24 nitrogen and oxygen atoms in total. The normalized spacial score (nSPS) is 19.0. The summed E-state index contributed by atoms with van der Waals surface area (Å²) in [4.78, 5) is 102. The Kier molecular flexibility index (Phi) is 36.0. The molecule has 5 N–H and O–H groups in total. The number of nitrogens with one attached hydrogen (secondary N) is 1. The summed E-state index contributed by atoms with van der Waals surface area (Å²) in [5.74, 6) is -2.26. The van der Waals surface area contributed by atoms with Gasteiger partial charge in [0.05, 0.1) is 106 Å². The van der Waals surface area contributed by atoms with Gasteiger partial charge in [-0.3, -0.25) is 33.6 Å². The Morgan fingerprint density at radius 3 is 1.01 bits per heavy atom. The number of amides is 5. The molecule has 4 saturated heterocycles. The second kappa shape index (κ2) is 43.6. The first-order valence-electron chi connectivity index (χ1n) is 36.1. The first-order chi connectivity index (χ1) is 52.8. The van der Waals surface area contributed by atoms with Crippen molar-refractivity contribution in [2.24, 2.45) is 5.73 Å². The van der Waals surface area contributed by atoms with Crippen LogP contribution in [0.15, 0.2) is 121 Å². The Balaban J connectivity index is 0.000000185. The number of carbonyl (C=O) groups excluding carboxylic acids is 6. The van der Waals surface area contributed by atoms with Crippen LogP contribution in [0.1, 0.15) is 135 Å². The summed E-state index contributed by atoms with van der Waals surface area (Å²) in [5.41, 5.74) is 13.1. The molecule has 34 heteroatoms. The number of nitrogens with two attached hydrogens (primary N) is 1. The largest absolute Gasteiger partial charge is 1.00 e. The summed E-state index contributed by atoms with van der Waals surface area (Å²) in [6, 6.07) is 39.2. The second-order valence-electron chi connectivity index (χ2n) is 28.1. The van der Waals surface area contributed by atoms with Crippen LogP contribution in [0, 0.1) is 0 Å². The molecule has 5 amide bonds. The number of hydrogen-bond acceptors (Lipinski definition) is 22. The molecule has 8 aliphatic rings. The number of carboxylic acids is 1. The van der Waals surface area contributed by atoms with E-state index in [1.165, 1.54) is 51.6 Å². The van der Waals surface area contributed by atoms with Gasteiger partial charge in [0.1, 0.15) is 13.1 Å². The van der Waals surface area contributed by atoms with Crippen molar-refractivity contribution in [1.29, 1.82) is 0 Å². The molecule has 12 heterocycles. The minimum Gasteiger partial charge on any atom is -0.870 e. The molecule has 4 atom stereocenters. The van der Waals surface area contributed by atoms with Crippen molar-refractivity contribution in [1.82, 2.24) is 20.0 Å². The van der Waals surface area contributed by atoms with E-state index in [0.717, 1.165) is 134 Å². The maximum Gasteiger partial charge on any atom is 1.00 e. The molecule has 4 fully saturated rings. The number of carbonyl (C=O) groups is 7. The van der Waals surface area contributed by atoms with Crippen LogP contribution >= 0.6 is 91.8 Å². The van der Waals surface area contributed by atoms with Crippen molar-refractivity contribution < 1.29 is 154 Å². The molecule has 4 aromatic heterocycles. The van der Waals surface area contributed by atoms with Crippen LogP contribution in [0.3, 0.4) is 0 Å². The zero-order valence-corrected chi connectivity index (χ0v) is 75.1. The number of anilines is 4. The average molecular weight is 1750 g/mol. The van der Waals surface area contributed by atoms with Crippen molar-refractivity contribution in [3.63, 3.8) is 0 Å². The van der Waals surface area contributed by atoms with Crippen molar-refractivity contribution in [3.8, 4) is 0 Å². The number of thiophene rings is 4. The topological polar surface area (TPSA) is 300 Å². The third kappa shape index (κ3) is 24.3. The Morgan fingerprint density at radius 2 is 0.737 bits per heavy atom. The molecule has 16 rings (SSSR count). The predicted octanol–water partition coefficient (Wildman–Crippen LogP) is 5.95. The summed E-state index contributed by atoms with van der Waals surface area (Å²) in [5, 5.41) is 29.4. The minimum absolute atomic E-state index is 0. The number of ether oxygens (including phenoxy) is 5. The molecular formula is C80H91Cl4KN9NaO15S4. The predicted molar refractivity (Wildman–Crippen MR) is 440 cm³/mol. The van der Waals surface area contributed by atoms with E-state index in [9.17, 15) is 43.8 Å². The number of halogens is 4. The smallest absolute Gasteiger partial charge is 0.870 e. The number of aliphatic carboxylic acids is 1. The number of morpholine rings is 4. The quantitative estimate of drug-likeness (QED) is 0.0837. The van der Waals surface area contributed by atoms with Gasteiger partial charge in [-0.15, -0.1) is 50.9 Å². The van der Waals surface area contributed by atoms with E-state index < -0.39 is 23.4 Å². The molecule has 0 radical (unpaired) electrons. The van der Waals surface area contributed by atoms with Crippen LogP contribution in [0.2, 0.25) is 20.1 Å². The molecule has 0 spiro atoms. The molecule has 600 valence electrons. The van der Waals surface area contributed by atoms with Crippen LogP contribution < -0.4 is 117 Å². The molecule has 114 heavy (non-hydrogen) atoms. The fourth-order valence-corrected chi connectivity index (χ4v) is 19.4. The van der Waals surface area contributed by atoms with E-state index >= 15 is 0 Å². The third-order valence-corrected chi connectivity index (χ3v) is 25.2. The monoisotopic (exact) mass is 1750 g/mol. The number of fused-ring (bicyclic) bond motifs is 4.